The van der Waals surface area contributed by atoms with Crippen LogP contribution in [0.4, 0.5) is 17.1 Å². The largest absolute Gasteiger partial charge is 0.395 e. The van der Waals surface area contributed by atoms with E-state index in [-0.39, 0.29) is 38.0 Å². The SMILES string of the molecule is Cc1cc2cc(NOCCCC(=O)N(CCO)c3cccc(N4CCOCC4=O)c3)ccc2[nH]1. The highest BCUT2D eigenvalue weighted by atomic mass is 16.6. The highest BCUT2D eigenvalue weighted by Gasteiger charge is 2.22. The summed E-state index contributed by atoms with van der Waals surface area (Å²) in [5.41, 5.74) is 7.29. The maximum Gasteiger partial charge on any atom is 0.253 e. The number of nitrogens with zero attached hydrogens (tertiary/aromatic N) is 2. The van der Waals surface area contributed by atoms with Crippen LogP contribution in [0.1, 0.15) is 18.5 Å². The molecule has 1 aliphatic heterocycles. The smallest absolute Gasteiger partial charge is 0.253 e. The average Bonchev–Trinajstić information content (AvgIpc) is 3.22. The van der Waals surface area contributed by atoms with Crippen molar-refractivity contribution in [1.29, 1.82) is 0 Å². The van der Waals surface area contributed by atoms with Crippen molar-refractivity contribution < 1.29 is 24.3 Å². The van der Waals surface area contributed by atoms with Gasteiger partial charge in [0.2, 0.25) is 5.91 Å². The Morgan fingerprint density at radius 3 is 2.97 bits per heavy atom. The molecule has 1 aromatic heterocycles. The number of aryl methyl sites for hydroxylation is 1. The average molecular weight is 467 g/mol. The number of morpholine rings is 1. The number of carbonyl (C=O) groups is 2. The standard InChI is InChI=1S/C25H30N4O5/c1-18-14-19-15-20(7-8-23(19)26-18)27-34-12-3-6-24(31)28(9-11-30)21-4-2-5-22(16-21)29-10-13-33-17-25(29)32/h2,4-5,7-8,14-16,26-27,30H,3,6,9-13,17H2,1H3. The van der Waals surface area contributed by atoms with Crippen LogP contribution in [-0.2, 0) is 19.2 Å². The molecule has 0 saturated carbocycles. The number of H-pyrrole nitrogens is 1. The maximum atomic E-state index is 12.9. The van der Waals surface area contributed by atoms with E-state index < -0.39 is 0 Å². The number of carbonyl (C=O) groups excluding carboxylic acids is 2. The van der Waals surface area contributed by atoms with Crippen LogP contribution in [0.25, 0.3) is 10.9 Å². The first-order chi connectivity index (χ1) is 16.5. The zero-order chi connectivity index (χ0) is 23.9. The first kappa shape index (κ1) is 23.7. The molecule has 1 aliphatic rings. The summed E-state index contributed by atoms with van der Waals surface area (Å²) in [6.45, 7) is 3.37. The molecule has 0 aliphatic carbocycles. The molecule has 0 spiro atoms. The zero-order valence-electron chi connectivity index (χ0n) is 19.3. The second kappa shape index (κ2) is 11.1. The van der Waals surface area contributed by atoms with Gasteiger partial charge in [-0.3, -0.25) is 19.9 Å². The summed E-state index contributed by atoms with van der Waals surface area (Å²) in [7, 11) is 0. The van der Waals surface area contributed by atoms with Gasteiger partial charge >= 0.3 is 0 Å². The molecule has 0 unspecified atom stereocenters. The lowest BCUT2D eigenvalue weighted by molar-refractivity contribution is -0.125. The Labute approximate surface area is 198 Å². The van der Waals surface area contributed by atoms with Crippen molar-refractivity contribution in [2.75, 3.05) is 54.8 Å². The molecule has 3 aromatic rings. The van der Waals surface area contributed by atoms with Crippen molar-refractivity contribution in [2.45, 2.75) is 19.8 Å². The van der Waals surface area contributed by atoms with Gasteiger partial charge in [-0.25, -0.2) is 0 Å². The number of anilines is 3. The summed E-state index contributed by atoms with van der Waals surface area (Å²) in [6, 6.07) is 15.2. The minimum absolute atomic E-state index is 0.0518. The third kappa shape index (κ3) is 5.74. The van der Waals surface area contributed by atoms with Crippen molar-refractivity contribution in [3.05, 3.63) is 54.2 Å². The Bertz CT molecular complexity index is 1150. The molecule has 3 N–H and O–H groups in total. The normalized spacial score (nSPS) is 13.9. The van der Waals surface area contributed by atoms with E-state index in [4.69, 9.17) is 9.57 Å². The minimum atomic E-state index is -0.161. The number of aromatic amines is 1. The van der Waals surface area contributed by atoms with Crippen LogP contribution < -0.4 is 15.3 Å². The van der Waals surface area contributed by atoms with Gasteiger partial charge in [-0.1, -0.05) is 6.07 Å². The fraction of sp³-hybridized carbons (Fsp3) is 0.360. The monoisotopic (exact) mass is 466 g/mol. The van der Waals surface area contributed by atoms with Crippen molar-refractivity contribution >= 4 is 39.8 Å². The van der Waals surface area contributed by atoms with E-state index in [9.17, 15) is 14.7 Å². The first-order valence-corrected chi connectivity index (χ1v) is 11.4. The number of aliphatic hydroxyl groups excluding tert-OH is 1. The van der Waals surface area contributed by atoms with Gasteiger partial charge < -0.3 is 24.6 Å². The molecular formula is C25H30N4O5. The molecule has 2 heterocycles. The lowest BCUT2D eigenvalue weighted by atomic mass is 10.2. The van der Waals surface area contributed by atoms with Crippen molar-refractivity contribution in [1.82, 2.24) is 4.98 Å². The topological polar surface area (TPSA) is 107 Å². The predicted octanol–water partition coefficient (Wildman–Crippen LogP) is 2.99. The summed E-state index contributed by atoms with van der Waals surface area (Å²) >= 11 is 0. The molecule has 0 bridgehead atoms. The summed E-state index contributed by atoms with van der Waals surface area (Å²) in [6.07, 6.45) is 0.777. The Morgan fingerprint density at radius 1 is 1.26 bits per heavy atom. The molecule has 0 radical (unpaired) electrons. The molecular weight excluding hydrogens is 436 g/mol. The number of amides is 2. The van der Waals surface area contributed by atoms with Crippen LogP contribution in [0.2, 0.25) is 0 Å². The molecule has 1 fully saturated rings. The lowest BCUT2D eigenvalue weighted by Crippen LogP contribution is -2.41. The Kier molecular flexibility index (Phi) is 7.79. The van der Waals surface area contributed by atoms with Gasteiger partial charge in [0.15, 0.2) is 0 Å². The van der Waals surface area contributed by atoms with Gasteiger partial charge in [0.1, 0.15) is 6.61 Å². The Morgan fingerprint density at radius 2 is 2.15 bits per heavy atom. The van der Waals surface area contributed by atoms with E-state index in [0.29, 0.717) is 37.6 Å². The zero-order valence-corrected chi connectivity index (χ0v) is 19.3. The Balaban J connectivity index is 1.30. The lowest BCUT2D eigenvalue weighted by Gasteiger charge is -2.28. The molecule has 2 amide bonds. The number of benzene rings is 2. The fourth-order valence-corrected chi connectivity index (χ4v) is 4.02. The molecule has 34 heavy (non-hydrogen) atoms. The van der Waals surface area contributed by atoms with E-state index in [0.717, 1.165) is 22.3 Å². The molecule has 180 valence electrons. The van der Waals surface area contributed by atoms with Crippen LogP contribution in [0, 0.1) is 6.92 Å². The quantitative estimate of drug-likeness (QED) is 0.313. The van der Waals surface area contributed by atoms with Gasteiger partial charge in [-0.05, 0) is 55.8 Å². The number of ether oxygens (including phenoxy) is 1. The van der Waals surface area contributed by atoms with Crippen LogP contribution in [0.15, 0.2) is 48.5 Å². The van der Waals surface area contributed by atoms with Crippen LogP contribution in [-0.4, -0.2) is 61.4 Å². The van der Waals surface area contributed by atoms with Crippen LogP contribution >= 0.6 is 0 Å². The number of fused-ring (bicyclic) bond motifs is 1. The molecule has 4 rings (SSSR count). The van der Waals surface area contributed by atoms with Crippen LogP contribution in [0.5, 0.6) is 0 Å². The molecule has 9 heteroatoms. The number of hydrogen-bond acceptors (Lipinski definition) is 6. The van der Waals surface area contributed by atoms with E-state index >= 15 is 0 Å². The van der Waals surface area contributed by atoms with E-state index in [2.05, 4.69) is 16.5 Å². The molecule has 0 atom stereocenters. The fourth-order valence-electron chi connectivity index (χ4n) is 4.02. The number of aromatic nitrogens is 1. The molecule has 1 saturated heterocycles. The highest BCUT2D eigenvalue weighted by molar-refractivity contribution is 5.97. The second-order valence-corrected chi connectivity index (χ2v) is 8.20. The van der Waals surface area contributed by atoms with E-state index in [1.165, 1.54) is 0 Å². The van der Waals surface area contributed by atoms with Gasteiger partial charge in [0.25, 0.3) is 5.91 Å². The van der Waals surface area contributed by atoms with Crippen molar-refractivity contribution in [2.24, 2.45) is 0 Å². The van der Waals surface area contributed by atoms with E-state index in [1.54, 1.807) is 28.0 Å². The summed E-state index contributed by atoms with van der Waals surface area (Å²) in [5, 5.41) is 10.6. The number of rotatable bonds is 10. The second-order valence-electron chi connectivity index (χ2n) is 8.20. The predicted molar refractivity (Wildman–Crippen MR) is 131 cm³/mol. The van der Waals surface area contributed by atoms with E-state index in [1.807, 2.05) is 31.2 Å². The summed E-state index contributed by atoms with van der Waals surface area (Å²) < 4.78 is 5.19. The number of aliphatic hydroxyl groups is 1. The number of nitrogens with one attached hydrogen (secondary N) is 2. The van der Waals surface area contributed by atoms with Crippen molar-refractivity contribution in [3.63, 3.8) is 0 Å². The maximum absolute atomic E-state index is 12.9. The molecule has 2 aromatic carbocycles. The summed E-state index contributed by atoms with van der Waals surface area (Å²) in [5.74, 6) is -0.230. The third-order valence-electron chi connectivity index (χ3n) is 5.65. The van der Waals surface area contributed by atoms with Crippen LogP contribution in [0.3, 0.4) is 0 Å². The minimum Gasteiger partial charge on any atom is -0.395 e. The highest BCUT2D eigenvalue weighted by Crippen LogP contribution is 2.25. The first-order valence-electron chi connectivity index (χ1n) is 11.4. The number of hydrogen-bond donors (Lipinski definition) is 3. The third-order valence-corrected chi connectivity index (χ3v) is 5.65. The van der Waals surface area contributed by atoms with Gasteiger partial charge in [0.05, 0.1) is 25.5 Å². The van der Waals surface area contributed by atoms with Gasteiger partial charge in [-0.15, -0.1) is 0 Å². The molecule has 9 nitrogen and oxygen atoms in total. The summed E-state index contributed by atoms with van der Waals surface area (Å²) in [4.78, 5) is 37.1. The Hall–Kier alpha value is -3.40. The van der Waals surface area contributed by atoms with Gasteiger partial charge in [-0.2, -0.15) is 0 Å². The van der Waals surface area contributed by atoms with Gasteiger partial charge in [0, 0.05) is 47.5 Å². The van der Waals surface area contributed by atoms with Crippen molar-refractivity contribution in [3.8, 4) is 0 Å².